The van der Waals surface area contributed by atoms with E-state index in [1.54, 1.807) is 0 Å². The van der Waals surface area contributed by atoms with E-state index in [1.807, 2.05) is 11.9 Å². The smallest absolute Gasteiger partial charge is 0.225 e. The van der Waals surface area contributed by atoms with Crippen LogP contribution in [0.3, 0.4) is 0 Å². The summed E-state index contributed by atoms with van der Waals surface area (Å²) in [5.41, 5.74) is 7.51. The summed E-state index contributed by atoms with van der Waals surface area (Å²) >= 11 is 0. The van der Waals surface area contributed by atoms with Crippen molar-refractivity contribution in [2.45, 2.75) is 57.9 Å². The predicted molar refractivity (Wildman–Crippen MR) is 103 cm³/mol. The van der Waals surface area contributed by atoms with Crippen molar-refractivity contribution in [3.8, 4) is 0 Å². The molecule has 1 atom stereocenters. The molecule has 1 aliphatic carbocycles. The Kier molecular flexibility index (Phi) is 8.79. The Morgan fingerprint density at radius 1 is 1.17 bits per heavy atom. The van der Waals surface area contributed by atoms with E-state index in [-0.39, 0.29) is 24.4 Å². The summed E-state index contributed by atoms with van der Waals surface area (Å²) in [6.07, 6.45) is 5.16. The highest BCUT2D eigenvalue weighted by atomic mass is 35.5. The van der Waals surface area contributed by atoms with Crippen LogP contribution in [-0.2, 0) is 4.79 Å². The van der Waals surface area contributed by atoms with Gasteiger partial charge < -0.3 is 10.6 Å². The molecule has 0 aromatic heterocycles. The first-order valence-electron chi connectivity index (χ1n) is 9.04. The zero-order chi connectivity index (χ0) is 16.8. The molecule has 0 saturated heterocycles. The highest BCUT2D eigenvalue weighted by Crippen LogP contribution is 2.36. The van der Waals surface area contributed by atoms with Gasteiger partial charge in [0.1, 0.15) is 0 Å². The lowest BCUT2D eigenvalue weighted by molar-refractivity contribution is -0.135. The number of hydrogen-bond donors (Lipinski definition) is 1. The molecular weight excluding hydrogens is 320 g/mol. The number of carbonyl (C=O) groups excluding carboxylic acids is 1. The van der Waals surface area contributed by atoms with Crippen molar-refractivity contribution in [1.82, 2.24) is 4.90 Å². The largest absolute Gasteiger partial charge is 0.345 e. The molecule has 1 amide bonds. The Morgan fingerprint density at radius 3 is 2.29 bits per heavy atom. The summed E-state index contributed by atoms with van der Waals surface area (Å²) in [5, 5.41) is 0. The summed E-state index contributed by atoms with van der Waals surface area (Å²) in [6, 6.07) is 10.9. The molecule has 1 aromatic rings. The standard InChI is InChI=1S/C20H32N2O.ClH/c1-15(2)19(21)13-14-22(3)20(23)18-11-9-17(10-12-18)16-7-5-4-6-8-16;/h4-8,15,17-19H,9-14,21H2,1-3H3;1H. The molecule has 1 aliphatic rings. The normalized spacial score (nSPS) is 21.9. The van der Waals surface area contributed by atoms with Crippen molar-refractivity contribution in [2.24, 2.45) is 17.6 Å². The van der Waals surface area contributed by atoms with Gasteiger partial charge in [0.25, 0.3) is 0 Å². The van der Waals surface area contributed by atoms with E-state index in [0.29, 0.717) is 17.7 Å². The Hall–Kier alpha value is -1.06. The molecule has 0 aliphatic heterocycles. The fourth-order valence-corrected chi connectivity index (χ4v) is 3.50. The monoisotopic (exact) mass is 352 g/mol. The van der Waals surface area contributed by atoms with Crippen LogP contribution < -0.4 is 5.73 Å². The van der Waals surface area contributed by atoms with Gasteiger partial charge in [-0.15, -0.1) is 12.4 Å². The summed E-state index contributed by atoms with van der Waals surface area (Å²) in [7, 11) is 1.93. The van der Waals surface area contributed by atoms with Gasteiger partial charge in [-0.3, -0.25) is 4.79 Å². The highest BCUT2D eigenvalue weighted by Gasteiger charge is 2.28. The fraction of sp³-hybridized carbons (Fsp3) is 0.650. The number of benzene rings is 1. The third-order valence-electron chi connectivity index (χ3n) is 5.38. The first-order chi connectivity index (χ1) is 11.0. The van der Waals surface area contributed by atoms with E-state index < -0.39 is 0 Å². The van der Waals surface area contributed by atoms with Gasteiger partial charge in [-0.05, 0) is 49.5 Å². The van der Waals surface area contributed by atoms with Crippen molar-refractivity contribution < 1.29 is 4.79 Å². The number of halogens is 1. The second-order valence-electron chi connectivity index (χ2n) is 7.42. The number of amides is 1. The van der Waals surface area contributed by atoms with E-state index in [2.05, 4.69) is 44.2 Å². The van der Waals surface area contributed by atoms with Gasteiger partial charge in [0.2, 0.25) is 5.91 Å². The van der Waals surface area contributed by atoms with Crippen LogP contribution in [0.2, 0.25) is 0 Å². The molecule has 1 aromatic carbocycles. The summed E-state index contributed by atoms with van der Waals surface area (Å²) in [6.45, 7) is 5.05. The first-order valence-corrected chi connectivity index (χ1v) is 9.04. The van der Waals surface area contributed by atoms with Crippen molar-refractivity contribution >= 4 is 18.3 Å². The van der Waals surface area contributed by atoms with Gasteiger partial charge in [0.05, 0.1) is 0 Å². The molecule has 2 rings (SSSR count). The van der Waals surface area contributed by atoms with E-state index in [0.717, 1.165) is 38.6 Å². The molecule has 2 N–H and O–H groups in total. The molecule has 4 heteroatoms. The summed E-state index contributed by atoms with van der Waals surface area (Å²) < 4.78 is 0. The van der Waals surface area contributed by atoms with E-state index in [4.69, 9.17) is 5.73 Å². The maximum absolute atomic E-state index is 12.6. The van der Waals surface area contributed by atoms with Gasteiger partial charge in [-0.25, -0.2) is 0 Å². The molecule has 1 unspecified atom stereocenters. The van der Waals surface area contributed by atoms with Crippen LogP contribution in [-0.4, -0.2) is 30.4 Å². The third-order valence-corrected chi connectivity index (χ3v) is 5.38. The molecule has 136 valence electrons. The first kappa shape index (κ1) is 21.0. The van der Waals surface area contributed by atoms with Gasteiger partial charge >= 0.3 is 0 Å². The molecule has 0 radical (unpaired) electrons. The lowest BCUT2D eigenvalue weighted by atomic mass is 9.78. The molecule has 0 heterocycles. The molecule has 1 saturated carbocycles. The maximum Gasteiger partial charge on any atom is 0.225 e. The summed E-state index contributed by atoms with van der Waals surface area (Å²) in [5.74, 6) is 1.61. The Morgan fingerprint density at radius 2 is 1.75 bits per heavy atom. The number of carbonyl (C=O) groups is 1. The SMILES string of the molecule is CC(C)C(N)CCN(C)C(=O)C1CCC(c2ccccc2)CC1.Cl. The average molecular weight is 353 g/mol. The minimum Gasteiger partial charge on any atom is -0.345 e. The number of nitrogens with zero attached hydrogens (tertiary/aromatic N) is 1. The van der Waals surface area contributed by atoms with Gasteiger partial charge in [0.15, 0.2) is 0 Å². The van der Waals surface area contributed by atoms with E-state index in [1.165, 1.54) is 5.56 Å². The maximum atomic E-state index is 12.6. The van der Waals surface area contributed by atoms with Crippen LogP contribution >= 0.6 is 12.4 Å². The summed E-state index contributed by atoms with van der Waals surface area (Å²) in [4.78, 5) is 14.5. The Balaban J connectivity index is 0.00000288. The topological polar surface area (TPSA) is 46.3 Å². The van der Waals surface area contributed by atoms with Crippen molar-refractivity contribution in [3.05, 3.63) is 35.9 Å². The minimum absolute atomic E-state index is 0. The third kappa shape index (κ3) is 5.78. The fourth-order valence-electron chi connectivity index (χ4n) is 3.50. The lowest BCUT2D eigenvalue weighted by Gasteiger charge is -2.31. The molecule has 24 heavy (non-hydrogen) atoms. The van der Waals surface area contributed by atoms with Gasteiger partial charge in [-0.2, -0.15) is 0 Å². The van der Waals surface area contributed by atoms with Crippen LogP contribution in [0, 0.1) is 11.8 Å². The Labute approximate surface area is 153 Å². The van der Waals surface area contributed by atoms with Crippen LogP contribution in [0.1, 0.15) is 57.4 Å². The van der Waals surface area contributed by atoms with Crippen molar-refractivity contribution in [3.63, 3.8) is 0 Å². The number of hydrogen-bond acceptors (Lipinski definition) is 2. The molecule has 0 spiro atoms. The van der Waals surface area contributed by atoms with Crippen LogP contribution in [0.25, 0.3) is 0 Å². The molecular formula is C20H33ClN2O. The lowest BCUT2D eigenvalue weighted by Crippen LogP contribution is -2.38. The van der Waals surface area contributed by atoms with Crippen LogP contribution in [0.4, 0.5) is 0 Å². The van der Waals surface area contributed by atoms with E-state index in [9.17, 15) is 4.79 Å². The zero-order valence-corrected chi connectivity index (χ0v) is 16.1. The highest BCUT2D eigenvalue weighted by molar-refractivity contribution is 5.85. The minimum atomic E-state index is 0. The number of rotatable bonds is 6. The average Bonchev–Trinajstić information content (AvgIpc) is 2.59. The second-order valence-corrected chi connectivity index (χ2v) is 7.42. The van der Waals surface area contributed by atoms with Crippen molar-refractivity contribution in [2.75, 3.05) is 13.6 Å². The Bertz CT molecular complexity index is 484. The zero-order valence-electron chi connectivity index (χ0n) is 15.3. The molecule has 0 bridgehead atoms. The number of nitrogens with two attached hydrogens (primary N) is 1. The molecule has 1 fully saturated rings. The van der Waals surface area contributed by atoms with Crippen molar-refractivity contribution in [1.29, 1.82) is 0 Å². The van der Waals surface area contributed by atoms with Crippen LogP contribution in [0.15, 0.2) is 30.3 Å². The van der Waals surface area contributed by atoms with Crippen LogP contribution in [0.5, 0.6) is 0 Å². The van der Waals surface area contributed by atoms with Gasteiger partial charge in [0, 0.05) is 25.6 Å². The van der Waals surface area contributed by atoms with Gasteiger partial charge in [-0.1, -0.05) is 44.2 Å². The van der Waals surface area contributed by atoms with E-state index >= 15 is 0 Å². The second kappa shape index (κ2) is 10.0. The predicted octanol–water partition coefficient (Wildman–Crippen LogP) is 4.21. The quantitative estimate of drug-likeness (QED) is 0.833. The molecule has 3 nitrogen and oxygen atoms in total.